The number of amides is 1. The van der Waals surface area contributed by atoms with Crippen LogP contribution in [0.4, 0.5) is 5.69 Å². The fraction of sp³-hybridized carbons (Fsp3) is 0.160. The molecule has 178 valence electrons. The maximum atomic E-state index is 12.1. The van der Waals surface area contributed by atoms with Crippen molar-refractivity contribution in [1.82, 2.24) is 45.1 Å². The standard InChI is InChI=1S/C25H22N10O/c1-12(2)25(36)31-15-4-14(7-26-8-15)18-5-16-19(11-28-18)34-35-22(16)24-32-20-10-27-9-17(21(20)33-24)23-29-6-13(3)30-23/h4-12H,1-3H3,(H,29,30)(H,31,36)(H,32,33)(H,34,35). The van der Waals surface area contributed by atoms with Gasteiger partial charge < -0.3 is 15.3 Å². The van der Waals surface area contributed by atoms with E-state index in [1.54, 1.807) is 37.2 Å². The van der Waals surface area contributed by atoms with E-state index in [0.717, 1.165) is 38.8 Å². The zero-order valence-corrected chi connectivity index (χ0v) is 19.8. The summed E-state index contributed by atoms with van der Waals surface area (Å²) < 4.78 is 0. The summed E-state index contributed by atoms with van der Waals surface area (Å²) in [5.74, 6) is 1.10. The molecule has 0 aliphatic rings. The van der Waals surface area contributed by atoms with Crippen LogP contribution in [0.5, 0.6) is 0 Å². The summed E-state index contributed by atoms with van der Waals surface area (Å²) in [6.45, 7) is 5.63. The minimum Gasteiger partial charge on any atom is -0.342 e. The Balaban J connectivity index is 1.41. The molecule has 6 aromatic rings. The van der Waals surface area contributed by atoms with Gasteiger partial charge in [0.25, 0.3) is 0 Å². The zero-order valence-electron chi connectivity index (χ0n) is 19.8. The number of aromatic amines is 3. The second-order valence-electron chi connectivity index (χ2n) is 8.88. The van der Waals surface area contributed by atoms with Crippen molar-refractivity contribution in [1.29, 1.82) is 0 Å². The van der Waals surface area contributed by atoms with Gasteiger partial charge in [0.1, 0.15) is 17.0 Å². The first kappa shape index (κ1) is 21.6. The smallest absolute Gasteiger partial charge is 0.226 e. The first-order valence-corrected chi connectivity index (χ1v) is 11.4. The third kappa shape index (κ3) is 3.76. The molecule has 0 unspecified atom stereocenters. The van der Waals surface area contributed by atoms with Crippen molar-refractivity contribution >= 4 is 33.5 Å². The number of rotatable bonds is 5. The molecule has 0 saturated heterocycles. The van der Waals surface area contributed by atoms with Crippen LogP contribution in [0.1, 0.15) is 19.5 Å². The van der Waals surface area contributed by atoms with Crippen molar-refractivity contribution in [2.45, 2.75) is 20.8 Å². The van der Waals surface area contributed by atoms with Gasteiger partial charge in [-0.05, 0) is 19.1 Å². The van der Waals surface area contributed by atoms with Crippen molar-refractivity contribution in [3.8, 4) is 34.2 Å². The molecule has 0 aliphatic heterocycles. The van der Waals surface area contributed by atoms with E-state index in [1.165, 1.54) is 0 Å². The molecular weight excluding hydrogens is 456 g/mol. The van der Waals surface area contributed by atoms with Crippen LogP contribution in [-0.2, 0) is 4.79 Å². The van der Waals surface area contributed by atoms with E-state index in [9.17, 15) is 4.79 Å². The van der Waals surface area contributed by atoms with Crippen LogP contribution in [-0.4, -0.2) is 51.0 Å². The highest BCUT2D eigenvalue weighted by Crippen LogP contribution is 2.31. The molecule has 0 aliphatic carbocycles. The van der Waals surface area contributed by atoms with Gasteiger partial charge in [0, 0.05) is 41.2 Å². The highest BCUT2D eigenvalue weighted by Gasteiger charge is 2.18. The summed E-state index contributed by atoms with van der Waals surface area (Å²) in [4.78, 5) is 41.1. The summed E-state index contributed by atoms with van der Waals surface area (Å²) in [6.07, 6.45) is 10.3. The van der Waals surface area contributed by atoms with Crippen molar-refractivity contribution in [2.24, 2.45) is 5.92 Å². The summed E-state index contributed by atoms with van der Waals surface area (Å²) in [5.41, 5.74) is 6.80. The monoisotopic (exact) mass is 478 g/mol. The van der Waals surface area contributed by atoms with Crippen LogP contribution in [0.2, 0.25) is 0 Å². The number of fused-ring (bicyclic) bond motifs is 2. The van der Waals surface area contributed by atoms with Crippen LogP contribution in [0.15, 0.2) is 49.3 Å². The minimum absolute atomic E-state index is 0.0714. The molecule has 11 heteroatoms. The number of nitrogens with zero attached hydrogens (tertiary/aromatic N) is 6. The van der Waals surface area contributed by atoms with Gasteiger partial charge in [0.15, 0.2) is 5.82 Å². The fourth-order valence-electron chi connectivity index (χ4n) is 3.96. The molecule has 6 heterocycles. The molecular formula is C25H22N10O. The lowest BCUT2D eigenvalue weighted by Gasteiger charge is -2.08. The van der Waals surface area contributed by atoms with E-state index < -0.39 is 0 Å². The van der Waals surface area contributed by atoms with Crippen LogP contribution < -0.4 is 5.32 Å². The number of hydrogen-bond donors (Lipinski definition) is 4. The SMILES string of the molecule is Cc1cnc(-c2cncc3[nH]c(-c4n[nH]c5cnc(-c6cncc(NC(=O)C(C)C)c6)cc45)nc23)[nH]1. The lowest BCUT2D eigenvalue weighted by atomic mass is 10.1. The number of nitrogens with one attached hydrogen (secondary N) is 4. The number of hydrogen-bond acceptors (Lipinski definition) is 7. The lowest BCUT2D eigenvalue weighted by Crippen LogP contribution is -2.17. The predicted molar refractivity (Wildman–Crippen MR) is 136 cm³/mol. The Kier molecular flexibility index (Phi) is 5.03. The zero-order chi connectivity index (χ0) is 24.8. The molecule has 1 amide bonds. The van der Waals surface area contributed by atoms with E-state index in [2.05, 4.69) is 45.4 Å². The van der Waals surface area contributed by atoms with Crippen molar-refractivity contribution in [3.63, 3.8) is 0 Å². The van der Waals surface area contributed by atoms with Crippen molar-refractivity contribution in [2.75, 3.05) is 5.32 Å². The summed E-state index contributed by atoms with van der Waals surface area (Å²) in [7, 11) is 0. The molecule has 0 atom stereocenters. The van der Waals surface area contributed by atoms with Gasteiger partial charge in [0.05, 0.1) is 46.6 Å². The Morgan fingerprint density at radius 2 is 1.78 bits per heavy atom. The average Bonchev–Trinajstić information content (AvgIpc) is 3.61. The number of aryl methyl sites for hydroxylation is 1. The molecule has 6 aromatic heterocycles. The molecule has 0 aromatic carbocycles. The number of imidazole rings is 2. The Bertz CT molecular complexity index is 1740. The Labute approximate surface area is 204 Å². The van der Waals surface area contributed by atoms with E-state index in [4.69, 9.17) is 4.98 Å². The molecule has 0 radical (unpaired) electrons. The van der Waals surface area contributed by atoms with Crippen LogP contribution in [0.25, 0.3) is 56.1 Å². The van der Waals surface area contributed by atoms with Gasteiger partial charge in [-0.1, -0.05) is 13.8 Å². The number of pyridine rings is 3. The van der Waals surface area contributed by atoms with Gasteiger partial charge in [-0.2, -0.15) is 5.10 Å². The predicted octanol–water partition coefficient (Wildman–Crippen LogP) is 4.25. The molecule has 0 saturated carbocycles. The summed E-state index contributed by atoms with van der Waals surface area (Å²) in [6, 6.07) is 3.78. The van der Waals surface area contributed by atoms with Gasteiger partial charge in [-0.25, -0.2) is 9.97 Å². The lowest BCUT2D eigenvalue weighted by molar-refractivity contribution is -0.118. The van der Waals surface area contributed by atoms with Gasteiger partial charge in [0.2, 0.25) is 5.91 Å². The first-order chi connectivity index (χ1) is 17.5. The first-order valence-electron chi connectivity index (χ1n) is 11.4. The Morgan fingerprint density at radius 3 is 2.58 bits per heavy atom. The van der Waals surface area contributed by atoms with E-state index in [0.29, 0.717) is 28.7 Å². The Morgan fingerprint density at radius 1 is 0.917 bits per heavy atom. The number of carbonyl (C=O) groups excluding carboxylic acids is 1. The highest BCUT2D eigenvalue weighted by atomic mass is 16.1. The topological polar surface area (TPSA) is 154 Å². The van der Waals surface area contributed by atoms with Gasteiger partial charge >= 0.3 is 0 Å². The molecule has 11 nitrogen and oxygen atoms in total. The van der Waals surface area contributed by atoms with Crippen molar-refractivity contribution < 1.29 is 4.79 Å². The molecule has 36 heavy (non-hydrogen) atoms. The van der Waals surface area contributed by atoms with Gasteiger partial charge in [-0.3, -0.25) is 24.8 Å². The van der Waals surface area contributed by atoms with Gasteiger partial charge in [-0.15, -0.1) is 0 Å². The van der Waals surface area contributed by atoms with E-state index >= 15 is 0 Å². The number of aromatic nitrogens is 9. The number of anilines is 1. The summed E-state index contributed by atoms with van der Waals surface area (Å²) in [5, 5.41) is 11.3. The average molecular weight is 479 g/mol. The van der Waals surface area contributed by atoms with Crippen molar-refractivity contribution in [3.05, 3.63) is 55.0 Å². The van der Waals surface area contributed by atoms with E-state index in [-0.39, 0.29) is 11.8 Å². The van der Waals surface area contributed by atoms with Crippen LogP contribution in [0, 0.1) is 12.8 Å². The summed E-state index contributed by atoms with van der Waals surface area (Å²) >= 11 is 0. The third-order valence-corrected chi connectivity index (χ3v) is 5.85. The van der Waals surface area contributed by atoms with Crippen LogP contribution in [0.3, 0.4) is 0 Å². The molecule has 0 bridgehead atoms. The molecule has 4 N–H and O–H groups in total. The Hall–Kier alpha value is -4.93. The second-order valence-corrected chi connectivity index (χ2v) is 8.88. The van der Waals surface area contributed by atoms with E-state index in [1.807, 2.05) is 32.9 Å². The normalized spacial score (nSPS) is 11.6. The number of H-pyrrole nitrogens is 3. The van der Waals surface area contributed by atoms with Crippen LogP contribution >= 0.6 is 0 Å². The quantitative estimate of drug-likeness (QED) is 0.289. The maximum absolute atomic E-state index is 12.1. The maximum Gasteiger partial charge on any atom is 0.226 e. The molecule has 0 fully saturated rings. The second kappa shape index (κ2) is 8.38. The minimum atomic E-state index is -0.132. The molecule has 6 rings (SSSR count). The molecule has 0 spiro atoms. The number of carbonyl (C=O) groups is 1. The highest BCUT2D eigenvalue weighted by molar-refractivity contribution is 5.97. The third-order valence-electron chi connectivity index (χ3n) is 5.85. The fourth-order valence-corrected chi connectivity index (χ4v) is 3.96. The largest absolute Gasteiger partial charge is 0.342 e.